The number of carbonyl (C=O) groups is 1. The van der Waals surface area contributed by atoms with Crippen molar-refractivity contribution in [3.63, 3.8) is 0 Å². The summed E-state index contributed by atoms with van der Waals surface area (Å²) >= 11 is 14.9. The molecule has 0 aliphatic heterocycles. The van der Waals surface area contributed by atoms with E-state index in [1.807, 2.05) is 31.2 Å². The number of carbonyl (C=O) groups excluding carboxylic acids is 1. The quantitative estimate of drug-likeness (QED) is 0.383. The van der Waals surface area contributed by atoms with Crippen molar-refractivity contribution in [2.75, 3.05) is 4.90 Å². The van der Waals surface area contributed by atoms with E-state index in [1.165, 1.54) is 22.7 Å². The maximum absolute atomic E-state index is 13.2. The molecule has 8 heteroatoms. The fraction of sp³-hybridized carbons (Fsp3) is 0.105. The molecule has 0 atom stereocenters. The molecule has 0 saturated carbocycles. The molecule has 0 unspecified atom stereocenters. The van der Waals surface area contributed by atoms with Gasteiger partial charge in [0.15, 0.2) is 5.13 Å². The van der Waals surface area contributed by atoms with Crippen molar-refractivity contribution in [1.29, 1.82) is 0 Å². The van der Waals surface area contributed by atoms with Crippen molar-refractivity contribution in [3.05, 3.63) is 74.2 Å². The number of nitrogens with zero attached hydrogens (tertiary/aromatic N) is 3. The molecule has 0 radical (unpaired) electrons. The van der Waals surface area contributed by atoms with E-state index < -0.39 is 0 Å². The summed E-state index contributed by atoms with van der Waals surface area (Å²) < 4.78 is 1.53. The van der Waals surface area contributed by atoms with Crippen LogP contribution in [0.3, 0.4) is 0 Å². The van der Waals surface area contributed by atoms with Crippen LogP contribution in [0.2, 0.25) is 9.36 Å². The molecule has 0 saturated heterocycles. The van der Waals surface area contributed by atoms with Crippen molar-refractivity contribution in [2.45, 2.75) is 13.5 Å². The third-order valence-electron chi connectivity index (χ3n) is 3.99. The maximum Gasteiger partial charge on any atom is 0.270 e. The first-order valence-corrected chi connectivity index (χ1v) is 10.4. The van der Waals surface area contributed by atoms with E-state index >= 15 is 0 Å². The lowest BCUT2D eigenvalue weighted by Gasteiger charge is -2.19. The van der Waals surface area contributed by atoms with E-state index in [9.17, 15) is 4.79 Å². The first-order valence-electron chi connectivity index (χ1n) is 8.04. The van der Waals surface area contributed by atoms with E-state index in [4.69, 9.17) is 28.2 Å². The molecule has 1 aromatic carbocycles. The summed E-state index contributed by atoms with van der Waals surface area (Å²) in [6, 6.07) is 11.0. The number of fused-ring (bicyclic) bond motifs is 1. The highest BCUT2D eigenvalue weighted by molar-refractivity contribution is 7.22. The van der Waals surface area contributed by atoms with Crippen molar-refractivity contribution >= 4 is 67.1 Å². The van der Waals surface area contributed by atoms with Crippen LogP contribution in [0.5, 0.6) is 0 Å². The van der Waals surface area contributed by atoms with Gasteiger partial charge in [0.2, 0.25) is 0 Å². The summed E-state index contributed by atoms with van der Waals surface area (Å²) in [5.41, 5.74) is 2.81. The molecule has 0 bridgehead atoms. The van der Waals surface area contributed by atoms with Crippen LogP contribution in [0.15, 0.2) is 48.8 Å². The molecule has 0 N–H and O–H groups in total. The molecule has 4 aromatic rings. The van der Waals surface area contributed by atoms with Gasteiger partial charge in [0.1, 0.15) is 0 Å². The van der Waals surface area contributed by atoms with E-state index in [0.29, 0.717) is 25.9 Å². The van der Waals surface area contributed by atoms with Crippen molar-refractivity contribution in [2.24, 2.45) is 0 Å². The summed E-state index contributed by atoms with van der Waals surface area (Å²) in [5.74, 6) is -0.133. The Bertz CT molecular complexity index is 1120. The molecule has 3 heterocycles. The number of pyridine rings is 1. The standard InChI is InChI=1S/C19H13Cl2N3OS2/c1-11-8-13(20)9-15-17(11)23-19(27-15)24(10-12-4-6-22-7-5-12)18(25)14-2-3-16(21)26-14/h2-9H,10H2,1H3. The minimum atomic E-state index is -0.133. The minimum Gasteiger partial charge on any atom is -0.279 e. The van der Waals surface area contributed by atoms with E-state index in [2.05, 4.69) is 4.98 Å². The zero-order valence-electron chi connectivity index (χ0n) is 14.1. The van der Waals surface area contributed by atoms with Crippen LogP contribution in [-0.2, 0) is 6.54 Å². The fourth-order valence-electron chi connectivity index (χ4n) is 2.72. The van der Waals surface area contributed by atoms with Gasteiger partial charge in [-0.25, -0.2) is 4.98 Å². The van der Waals surface area contributed by atoms with Crippen molar-refractivity contribution in [1.82, 2.24) is 9.97 Å². The Kier molecular flexibility index (Phi) is 5.14. The third-order valence-corrected chi connectivity index (χ3v) is 6.45. The van der Waals surface area contributed by atoms with Crippen LogP contribution in [0, 0.1) is 6.92 Å². The van der Waals surface area contributed by atoms with Gasteiger partial charge >= 0.3 is 0 Å². The van der Waals surface area contributed by atoms with Gasteiger partial charge in [-0.05, 0) is 54.4 Å². The van der Waals surface area contributed by atoms with Gasteiger partial charge in [-0.1, -0.05) is 34.5 Å². The van der Waals surface area contributed by atoms with Crippen LogP contribution < -0.4 is 4.90 Å². The summed E-state index contributed by atoms with van der Waals surface area (Å²) in [6.45, 7) is 2.36. The van der Waals surface area contributed by atoms with Gasteiger partial charge in [0.25, 0.3) is 5.91 Å². The zero-order valence-corrected chi connectivity index (χ0v) is 17.3. The largest absolute Gasteiger partial charge is 0.279 e. The molecule has 0 spiro atoms. The first-order chi connectivity index (χ1) is 13.0. The van der Waals surface area contributed by atoms with Gasteiger partial charge < -0.3 is 0 Å². The van der Waals surface area contributed by atoms with Gasteiger partial charge in [0.05, 0.1) is 26.0 Å². The molecule has 27 heavy (non-hydrogen) atoms. The normalized spacial score (nSPS) is 11.1. The zero-order chi connectivity index (χ0) is 19.0. The van der Waals surface area contributed by atoms with Gasteiger partial charge in [-0.3, -0.25) is 14.7 Å². The van der Waals surface area contributed by atoms with Crippen molar-refractivity contribution < 1.29 is 4.79 Å². The Hall–Kier alpha value is -1.99. The van der Waals surface area contributed by atoms with E-state index in [1.54, 1.807) is 29.4 Å². The van der Waals surface area contributed by atoms with Crippen molar-refractivity contribution in [3.8, 4) is 0 Å². The second-order valence-electron chi connectivity index (χ2n) is 5.92. The van der Waals surface area contributed by atoms with Gasteiger partial charge in [-0.15, -0.1) is 11.3 Å². The minimum absolute atomic E-state index is 0.133. The maximum atomic E-state index is 13.2. The number of halogens is 2. The highest BCUT2D eigenvalue weighted by Gasteiger charge is 2.23. The lowest BCUT2D eigenvalue weighted by Crippen LogP contribution is -2.29. The van der Waals surface area contributed by atoms with Gasteiger partial charge in [0, 0.05) is 17.4 Å². The Balaban J connectivity index is 1.79. The van der Waals surface area contributed by atoms with Crippen LogP contribution >= 0.6 is 45.9 Å². The molecule has 3 aromatic heterocycles. The van der Waals surface area contributed by atoms with Gasteiger partial charge in [-0.2, -0.15) is 0 Å². The number of aryl methyl sites for hydroxylation is 1. The molecule has 4 nitrogen and oxygen atoms in total. The number of hydrogen-bond donors (Lipinski definition) is 0. The number of anilines is 1. The summed E-state index contributed by atoms with van der Waals surface area (Å²) in [4.78, 5) is 24.2. The first kappa shape index (κ1) is 18.4. The second-order valence-corrected chi connectivity index (χ2v) is 9.08. The average Bonchev–Trinajstić information content (AvgIpc) is 3.26. The van der Waals surface area contributed by atoms with Crippen LogP contribution in [0.1, 0.15) is 20.8 Å². The second kappa shape index (κ2) is 7.56. The summed E-state index contributed by atoms with van der Waals surface area (Å²) in [5, 5.41) is 1.29. The number of hydrogen-bond acceptors (Lipinski definition) is 5. The summed E-state index contributed by atoms with van der Waals surface area (Å²) in [6.07, 6.45) is 3.42. The Morgan fingerprint density at radius 1 is 1.11 bits per heavy atom. The smallest absolute Gasteiger partial charge is 0.270 e. The lowest BCUT2D eigenvalue weighted by molar-refractivity contribution is 0.0989. The number of thiazole rings is 1. The van der Waals surface area contributed by atoms with Crippen LogP contribution in [0.4, 0.5) is 5.13 Å². The molecule has 4 rings (SSSR count). The number of thiophene rings is 1. The predicted octanol–water partition coefficient (Wildman–Crippen LogP) is 6.22. The van der Waals surface area contributed by atoms with E-state index in [-0.39, 0.29) is 5.91 Å². The third kappa shape index (κ3) is 3.84. The Labute approximate surface area is 174 Å². The van der Waals surface area contributed by atoms with E-state index in [0.717, 1.165) is 21.3 Å². The number of rotatable bonds is 4. The Morgan fingerprint density at radius 3 is 2.59 bits per heavy atom. The Morgan fingerprint density at radius 2 is 1.89 bits per heavy atom. The summed E-state index contributed by atoms with van der Waals surface area (Å²) in [7, 11) is 0. The number of aromatic nitrogens is 2. The number of amides is 1. The average molecular weight is 434 g/mol. The predicted molar refractivity (Wildman–Crippen MR) is 113 cm³/mol. The SMILES string of the molecule is Cc1cc(Cl)cc2sc(N(Cc3ccncc3)C(=O)c3ccc(Cl)s3)nc12. The monoisotopic (exact) mass is 433 g/mol. The molecule has 0 aliphatic carbocycles. The topological polar surface area (TPSA) is 46.1 Å². The number of benzene rings is 1. The fourth-order valence-corrected chi connectivity index (χ4v) is 5.13. The molecule has 0 fully saturated rings. The lowest BCUT2D eigenvalue weighted by atomic mass is 10.2. The highest BCUT2D eigenvalue weighted by Crippen LogP contribution is 2.35. The molecule has 136 valence electrons. The molecule has 0 aliphatic rings. The molecule has 1 amide bonds. The van der Waals surface area contributed by atoms with Crippen LogP contribution in [-0.4, -0.2) is 15.9 Å². The molecular formula is C19H13Cl2N3OS2. The molecular weight excluding hydrogens is 421 g/mol. The van der Waals surface area contributed by atoms with Crippen LogP contribution in [0.25, 0.3) is 10.2 Å². The highest BCUT2D eigenvalue weighted by atomic mass is 35.5.